The molecule has 2 rings (SSSR count). The van der Waals surface area contributed by atoms with Crippen LogP contribution < -0.4 is 5.32 Å². The molecular weight excluding hydrogens is 355 g/mol. The maximum atomic E-state index is 12.4. The van der Waals surface area contributed by atoms with Crippen LogP contribution in [0, 0.1) is 0 Å². The molecule has 1 amide bonds. The first kappa shape index (κ1) is 18.1. The average molecular weight is 373 g/mol. The van der Waals surface area contributed by atoms with Crippen molar-refractivity contribution < 1.29 is 4.79 Å². The SMILES string of the molecule is CSCCn1cc(C(C)(C)NC(=O)c2cc(Cl)cc(Cl)c2)nn1. The Hall–Kier alpha value is -1.24. The lowest BCUT2D eigenvalue weighted by Gasteiger charge is -2.23. The molecule has 23 heavy (non-hydrogen) atoms. The van der Waals surface area contributed by atoms with Crippen molar-refractivity contribution in [1.82, 2.24) is 20.3 Å². The van der Waals surface area contributed by atoms with E-state index >= 15 is 0 Å². The highest BCUT2D eigenvalue weighted by molar-refractivity contribution is 7.98. The van der Waals surface area contributed by atoms with E-state index in [1.54, 1.807) is 34.6 Å². The molecule has 1 aromatic heterocycles. The normalized spacial score (nSPS) is 11.5. The summed E-state index contributed by atoms with van der Waals surface area (Å²) in [6.45, 7) is 4.53. The van der Waals surface area contributed by atoms with Crippen LogP contribution in [-0.2, 0) is 12.1 Å². The fraction of sp³-hybridized carbons (Fsp3) is 0.400. The van der Waals surface area contributed by atoms with Crippen molar-refractivity contribution in [1.29, 1.82) is 0 Å². The highest BCUT2D eigenvalue weighted by atomic mass is 35.5. The van der Waals surface area contributed by atoms with Gasteiger partial charge in [0.1, 0.15) is 5.69 Å². The van der Waals surface area contributed by atoms with Gasteiger partial charge in [-0.05, 0) is 38.3 Å². The largest absolute Gasteiger partial charge is 0.341 e. The molecule has 0 aliphatic rings. The molecule has 0 aliphatic carbocycles. The molecule has 8 heteroatoms. The van der Waals surface area contributed by atoms with E-state index in [0.717, 1.165) is 12.3 Å². The molecule has 0 bridgehead atoms. The Kier molecular flexibility index (Phi) is 5.95. The van der Waals surface area contributed by atoms with Crippen LogP contribution in [0.15, 0.2) is 24.4 Å². The second-order valence-corrected chi connectivity index (χ2v) is 7.46. The molecule has 0 atom stereocenters. The van der Waals surface area contributed by atoms with E-state index in [1.165, 1.54) is 0 Å². The minimum atomic E-state index is -0.663. The monoisotopic (exact) mass is 372 g/mol. The standard InChI is InChI=1S/C15H18Cl2N4OS/c1-15(2,13-9-21(20-19-13)4-5-23-3)18-14(22)10-6-11(16)8-12(17)7-10/h6-9H,4-5H2,1-3H3,(H,18,22). The summed E-state index contributed by atoms with van der Waals surface area (Å²) in [6, 6.07) is 4.74. The Morgan fingerprint density at radius 2 is 1.96 bits per heavy atom. The molecule has 0 saturated heterocycles. The Bertz CT molecular complexity index is 682. The molecular formula is C15H18Cl2N4OS. The van der Waals surface area contributed by atoms with Gasteiger partial charge in [0.15, 0.2) is 0 Å². The second-order valence-electron chi connectivity index (χ2n) is 5.60. The van der Waals surface area contributed by atoms with Gasteiger partial charge in [0.25, 0.3) is 5.91 Å². The Morgan fingerprint density at radius 3 is 2.57 bits per heavy atom. The molecule has 5 nitrogen and oxygen atoms in total. The fourth-order valence-corrected chi connectivity index (χ4v) is 2.88. The van der Waals surface area contributed by atoms with Crippen molar-refractivity contribution in [2.45, 2.75) is 25.9 Å². The van der Waals surface area contributed by atoms with Crippen LogP contribution >= 0.6 is 35.0 Å². The third-order valence-corrected chi connectivity index (χ3v) is 4.28. The van der Waals surface area contributed by atoms with Gasteiger partial charge in [0.05, 0.1) is 18.3 Å². The summed E-state index contributed by atoms with van der Waals surface area (Å²) >= 11 is 13.6. The predicted molar refractivity (Wildman–Crippen MR) is 95.4 cm³/mol. The van der Waals surface area contributed by atoms with Crippen LogP contribution in [0.1, 0.15) is 29.9 Å². The number of halogens is 2. The Labute approximate surface area is 149 Å². The predicted octanol–water partition coefficient (Wildman–Crippen LogP) is 3.61. The lowest BCUT2D eigenvalue weighted by molar-refractivity contribution is 0.0910. The molecule has 2 aromatic rings. The van der Waals surface area contributed by atoms with Gasteiger partial charge in [-0.25, -0.2) is 0 Å². The van der Waals surface area contributed by atoms with E-state index in [0.29, 0.717) is 21.3 Å². The Balaban J connectivity index is 2.13. The molecule has 1 aromatic carbocycles. The van der Waals surface area contributed by atoms with E-state index < -0.39 is 5.54 Å². The van der Waals surface area contributed by atoms with Gasteiger partial charge in [-0.2, -0.15) is 11.8 Å². The van der Waals surface area contributed by atoms with Gasteiger partial charge in [-0.3, -0.25) is 9.48 Å². The lowest BCUT2D eigenvalue weighted by atomic mass is 10.0. The third kappa shape index (κ3) is 4.86. The van der Waals surface area contributed by atoms with E-state index in [2.05, 4.69) is 15.6 Å². The van der Waals surface area contributed by atoms with Crippen LogP contribution in [0.4, 0.5) is 0 Å². The highest BCUT2D eigenvalue weighted by Crippen LogP contribution is 2.22. The minimum absolute atomic E-state index is 0.266. The van der Waals surface area contributed by atoms with Gasteiger partial charge in [0.2, 0.25) is 0 Å². The fourth-order valence-electron chi connectivity index (χ4n) is 1.98. The van der Waals surface area contributed by atoms with Crippen LogP contribution in [0.2, 0.25) is 10.0 Å². The first-order valence-electron chi connectivity index (χ1n) is 7.00. The molecule has 0 aliphatic heterocycles. The van der Waals surface area contributed by atoms with Gasteiger partial charge < -0.3 is 5.32 Å². The summed E-state index contributed by atoms with van der Waals surface area (Å²) in [5, 5.41) is 12.0. The van der Waals surface area contributed by atoms with Crippen molar-refractivity contribution in [3.63, 3.8) is 0 Å². The molecule has 1 heterocycles. The van der Waals surface area contributed by atoms with Crippen molar-refractivity contribution in [3.05, 3.63) is 45.7 Å². The number of benzene rings is 1. The van der Waals surface area contributed by atoms with Crippen molar-refractivity contribution >= 4 is 40.9 Å². The number of amides is 1. The average Bonchev–Trinajstić information content (AvgIpc) is 2.93. The number of hydrogen-bond acceptors (Lipinski definition) is 4. The van der Waals surface area contributed by atoms with Crippen LogP contribution in [0.5, 0.6) is 0 Å². The number of rotatable bonds is 6. The highest BCUT2D eigenvalue weighted by Gasteiger charge is 2.27. The minimum Gasteiger partial charge on any atom is -0.341 e. The first-order chi connectivity index (χ1) is 10.8. The molecule has 0 fully saturated rings. The summed E-state index contributed by atoms with van der Waals surface area (Å²) in [6.07, 6.45) is 3.89. The summed E-state index contributed by atoms with van der Waals surface area (Å²) in [5.41, 5.74) is 0.439. The van der Waals surface area contributed by atoms with Gasteiger partial charge in [-0.1, -0.05) is 28.4 Å². The number of nitrogens with zero attached hydrogens (tertiary/aromatic N) is 3. The number of carbonyl (C=O) groups is 1. The third-order valence-electron chi connectivity index (χ3n) is 3.25. The maximum absolute atomic E-state index is 12.4. The van der Waals surface area contributed by atoms with Gasteiger partial charge >= 0.3 is 0 Å². The number of thioether (sulfide) groups is 1. The van der Waals surface area contributed by atoms with Crippen molar-refractivity contribution in [2.24, 2.45) is 0 Å². The quantitative estimate of drug-likeness (QED) is 0.840. The molecule has 0 saturated carbocycles. The zero-order chi connectivity index (χ0) is 17.0. The molecule has 124 valence electrons. The topological polar surface area (TPSA) is 59.8 Å². The van der Waals surface area contributed by atoms with Crippen LogP contribution in [0.3, 0.4) is 0 Å². The van der Waals surface area contributed by atoms with Crippen LogP contribution in [0.25, 0.3) is 0 Å². The van der Waals surface area contributed by atoms with E-state index in [1.807, 2.05) is 26.3 Å². The zero-order valence-corrected chi connectivity index (χ0v) is 15.5. The van der Waals surface area contributed by atoms with E-state index in [4.69, 9.17) is 23.2 Å². The summed E-state index contributed by atoms with van der Waals surface area (Å²) in [4.78, 5) is 12.4. The number of aryl methyl sites for hydroxylation is 1. The Morgan fingerprint density at radius 1 is 1.30 bits per heavy atom. The molecule has 0 spiro atoms. The second kappa shape index (κ2) is 7.55. The molecule has 1 N–H and O–H groups in total. The van der Waals surface area contributed by atoms with E-state index in [9.17, 15) is 4.79 Å². The maximum Gasteiger partial charge on any atom is 0.252 e. The smallest absolute Gasteiger partial charge is 0.252 e. The molecule has 0 unspecified atom stereocenters. The molecule has 0 radical (unpaired) electrons. The zero-order valence-electron chi connectivity index (χ0n) is 13.1. The number of carbonyl (C=O) groups excluding carboxylic acids is 1. The number of aromatic nitrogens is 3. The van der Waals surface area contributed by atoms with E-state index in [-0.39, 0.29) is 5.91 Å². The first-order valence-corrected chi connectivity index (χ1v) is 9.15. The van der Waals surface area contributed by atoms with Gasteiger partial charge in [0, 0.05) is 21.4 Å². The van der Waals surface area contributed by atoms with Crippen LogP contribution in [-0.4, -0.2) is 32.9 Å². The summed E-state index contributed by atoms with van der Waals surface area (Å²) in [5.74, 6) is 0.689. The van der Waals surface area contributed by atoms with Crippen molar-refractivity contribution in [2.75, 3.05) is 12.0 Å². The summed E-state index contributed by atoms with van der Waals surface area (Å²) in [7, 11) is 0. The number of hydrogen-bond donors (Lipinski definition) is 1. The number of nitrogens with one attached hydrogen (secondary N) is 1. The van der Waals surface area contributed by atoms with Crippen molar-refractivity contribution in [3.8, 4) is 0 Å². The summed E-state index contributed by atoms with van der Waals surface area (Å²) < 4.78 is 1.77. The lowest BCUT2D eigenvalue weighted by Crippen LogP contribution is -2.41. The van der Waals surface area contributed by atoms with Gasteiger partial charge in [-0.15, -0.1) is 5.10 Å².